The van der Waals surface area contributed by atoms with Gasteiger partial charge in [0.15, 0.2) is 0 Å². The number of hydrogen-bond acceptors (Lipinski definition) is 5. The number of carbonyl (C=O) groups excluding carboxylic acids is 1. The van der Waals surface area contributed by atoms with E-state index in [-0.39, 0.29) is 17.3 Å². The second kappa shape index (κ2) is 7.99. The first-order valence-corrected chi connectivity index (χ1v) is 10.6. The van der Waals surface area contributed by atoms with Crippen LogP contribution in [0, 0.1) is 6.92 Å². The molecule has 0 radical (unpaired) electrons. The molecule has 2 N–H and O–H groups in total. The number of nitrogens with one attached hydrogen (secondary N) is 2. The quantitative estimate of drug-likeness (QED) is 0.665. The van der Waals surface area contributed by atoms with Gasteiger partial charge in [-0.2, -0.15) is 0 Å². The Morgan fingerprint density at radius 2 is 1.89 bits per heavy atom. The topological polar surface area (TPSA) is 88.2 Å². The van der Waals surface area contributed by atoms with Crippen molar-refractivity contribution in [3.8, 4) is 10.6 Å². The van der Waals surface area contributed by atoms with Crippen LogP contribution in [0.2, 0.25) is 0 Å². The average Bonchev–Trinajstić information content (AvgIpc) is 3.16. The molecule has 0 saturated carbocycles. The normalized spacial score (nSPS) is 11.3. The minimum absolute atomic E-state index is 0.0563. The molecule has 0 spiro atoms. The lowest BCUT2D eigenvalue weighted by Crippen LogP contribution is -2.25. The Hall–Kier alpha value is -2.55. The van der Waals surface area contributed by atoms with Crippen molar-refractivity contribution in [1.82, 2.24) is 15.0 Å². The van der Waals surface area contributed by atoms with E-state index in [1.165, 1.54) is 30.5 Å². The molecule has 0 bridgehead atoms. The summed E-state index contributed by atoms with van der Waals surface area (Å²) in [6.07, 6.45) is 0. The van der Waals surface area contributed by atoms with Gasteiger partial charge < -0.3 is 5.32 Å². The monoisotopic (exact) mass is 401 g/mol. The van der Waals surface area contributed by atoms with Gasteiger partial charge in [0.05, 0.1) is 17.1 Å². The summed E-state index contributed by atoms with van der Waals surface area (Å²) >= 11 is 1.51. The van der Waals surface area contributed by atoms with Gasteiger partial charge in [-0.1, -0.05) is 36.4 Å². The molecule has 0 aliphatic rings. The minimum Gasteiger partial charge on any atom is -0.346 e. The predicted molar refractivity (Wildman–Crippen MR) is 106 cm³/mol. The molecule has 8 heteroatoms. The summed E-state index contributed by atoms with van der Waals surface area (Å²) < 4.78 is 26.2. The molecule has 6 nitrogen and oxygen atoms in total. The number of sulfonamides is 1. The SMILES string of the molecule is CNS(=O)(=O)c1ccc(C)c(C(=O)NCc2csc(-c3ccccc3)n2)c1. The zero-order chi connectivity index (χ0) is 19.4. The molecule has 1 amide bonds. The van der Waals surface area contributed by atoms with Gasteiger partial charge in [-0.3, -0.25) is 4.79 Å². The highest BCUT2D eigenvalue weighted by Crippen LogP contribution is 2.23. The van der Waals surface area contributed by atoms with Crippen LogP contribution in [-0.4, -0.2) is 26.4 Å². The smallest absolute Gasteiger partial charge is 0.251 e. The summed E-state index contributed by atoms with van der Waals surface area (Å²) in [5.74, 6) is -0.338. The lowest BCUT2D eigenvalue weighted by molar-refractivity contribution is 0.0949. The van der Waals surface area contributed by atoms with Crippen LogP contribution in [-0.2, 0) is 16.6 Å². The van der Waals surface area contributed by atoms with Crippen molar-refractivity contribution in [1.29, 1.82) is 0 Å². The molecule has 1 heterocycles. The van der Waals surface area contributed by atoms with Crippen LogP contribution in [0.3, 0.4) is 0 Å². The van der Waals surface area contributed by atoms with Gasteiger partial charge in [0.25, 0.3) is 5.91 Å². The van der Waals surface area contributed by atoms with Gasteiger partial charge >= 0.3 is 0 Å². The van der Waals surface area contributed by atoms with E-state index >= 15 is 0 Å². The fourth-order valence-electron chi connectivity index (χ4n) is 2.50. The Labute approximate surface area is 162 Å². The second-order valence-corrected chi connectivity index (χ2v) is 8.62. The molecule has 3 aromatic rings. The van der Waals surface area contributed by atoms with Crippen LogP contribution in [0.4, 0.5) is 0 Å². The zero-order valence-corrected chi connectivity index (χ0v) is 16.5. The lowest BCUT2D eigenvalue weighted by atomic mass is 10.1. The van der Waals surface area contributed by atoms with Crippen molar-refractivity contribution < 1.29 is 13.2 Å². The number of thiazole rings is 1. The minimum atomic E-state index is -3.61. The van der Waals surface area contributed by atoms with E-state index in [9.17, 15) is 13.2 Å². The van der Waals surface area contributed by atoms with E-state index in [0.717, 1.165) is 16.3 Å². The van der Waals surface area contributed by atoms with E-state index in [4.69, 9.17) is 0 Å². The molecular weight excluding hydrogens is 382 g/mol. The molecule has 0 fully saturated rings. The van der Waals surface area contributed by atoms with E-state index < -0.39 is 10.0 Å². The van der Waals surface area contributed by atoms with Crippen molar-refractivity contribution in [2.45, 2.75) is 18.4 Å². The first-order valence-electron chi connectivity index (χ1n) is 8.23. The number of nitrogens with zero attached hydrogens (tertiary/aromatic N) is 1. The Morgan fingerprint density at radius 1 is 1.15 bits per heavy atom. The van der Waals surface area contributed by atoms with Crippen LogP contribution in [0.5, 0.6) is 0 Å². The average molecular weight is 402 g/mol. The summed E-state index contributed by atoms with van der Waals surface area (Å²) in [6, 6.07) is 14.3. The maximum absolute atomic E-state index is 12.5. The maximum atomic E-state index is 12.5. The summed E-state index contributed by atoms with van der Waals surface area (Å²) in [5, 5.41) is 5.59. The molecule has 1 aromatic heterocycles. The fourth-order valence-corrected chi connectivity index (χ4v) is 4.08. The van der Waals surface area contributed by atoms with Crippen LogP contribution in [0.1, 0.15) is 21.6 Å². The van der Waals surface area contributed by atoms with Crippen molar-refractivity contribution in [3.05, 3.63) is 70.7 Å². The first-order chi connectivity index (χ1) is 12.9. The first kappa shape index (κ1) is 19.2. The van der Waals surface area contributed by atoms with Gasteiger partial charge in [-0.15, -0.1) is 11.3 Å². The molecule has 2 aromatic carbocycles. The summed E-state index contributed by atoms with van der Waals surface area (Å²) in [6.45, 7) is 2.03. The van der Waals surface area contributed by atoms with E-state index in [1.807, 2.05) is 35.7 Å². The van der Waals surface area contributed by atoms with Crippen LogP contribution >= 0.6 is 11.3 Å². The Balaban J connectivity index is 1.73. The number of carbonyl (C=O) groups is 1. The van der Waals surface area contributed by atoms with Gasteiger partial charge in [-0.05, 0) is 31.7 Å². The molecule has 0 unspecified atom stereocenters. The molecule has 3 rings (SSSR count). The summed E-state index contributed by atoms with van der Waals surface area (Å²) in [5.41, 5.74) is 2.81. The van der Waals surface area contributed by atoms with Crippen LogP contribution in [0.15, 0.2) is 58.8 Å². The molecule has 0 aliphatic heterocycles. The van der Waals surface area contributed by atoms with Gasteiger partial charge in [-0.25, -0.2) is 18.1 Å². The number of hydrogen-bond donors (Lipinski definition) is 2. The molecule has 27 heavy (non-hydrogen) atoms. The van der Waals surface area contributed by atoms with Crippen LogP contribution in [0.25, 0.3) is 10.6 Å². The predicted octanol–water partition coefficient (Wildman–Crippen LogP) is 2.96. The number of aryl methyl sites for hydroxylation is 1. The van der Waals surface area contributed by atoms with Crippen LogP contribution < -0.4 is 10.0 Å². The molecular formula is C19H19N3O3S2. The highest BCUT2D eigenvalue weighted by Gasteiger charge is 2.16. The largest absolute Gasteiger partial charge is 0.346 e. The zero-order valence-electron chi connectivity index (χ0n) is 14.9. The number of aromatic nitrogens is 1. The van der Waals surface area contributed by atoms with Crippen molar-refractivity contribution >= 4 is 27.3 Å². The maximum Gasteiger partial charge on any atom is 0.251 e. The fraction of sp³-hybridized carbons (Fsp3) is 0.158. The molecule has 0 saturated heterocycles. The van der Waals surface area contributed by atoms with Gasteiger partial charge in [0.2, 0.25) is 10.0 Å². The number of rotatable bonds is 6. The van der Waals surface area contributed by atoms with Gasteiger partial charge in [0.1, 0.15) is 5.01 Å². The lowest BCUT2D eigenvalue weighted by Gasteiger charge is -2.09. The highest BCUT2D eigenvalue weighted by molar-refractivity contribution is 7.89. The summed E-state index contributed by atoms with van der Waals surface area (Å²) in [4.78, 5) is 17.1. The van der Waals surface area contributed by atoms with E-state index in [0.29, 0.717) is 11.1 Å². The standard InChI is InChI=1S/C19H19N3O3S2/c1-13-8-9-16(27(24,25)20-2)10-17(13)18(23)21-11-15-12-26-19(22-15)14-6-4-3-5-7-14/h3-10,12,20H,11H2,1-2H3,(H,21,23). The number of amides is 1. The number of benzene rings is 2. The molecule has 0 atom stereocenters. The Morgan fingerprint density at radius 3 is 2.59 bits per heavy atom. The third-order valence-electron chi connectivity index (χ3n) is 4.04. The van der Waals surface area contributed by atoms with E-state index in [1.54, 1.807) is 13.0 Å². The summed E-state index contributed by atoms with van der Waals surface area (Å²) in [7, 11) is -2.27. The third-order valence-corrected chi connectivity index (χ3v) is 6.39. The Kier molecular flexibility index (Phi) is 5.69. The third kappa shape index (κ3) is 4.41. The highest BCUT2D eigenvalue weighted by atomic mass is 32.2. The van der Waals surface area contributed by atoms with E-state index in [2.05, 4.69) is 15.0 Å². The molecule has 0 aliphatic carbocycles. The molecule has 140 valence electrons. The van der Waals surface area contributed by atoms with Crippen molar-refractivity contribution in [2.24, 2.45) is 0 Å². The van der Waals surface area contributed by atoms with Crippen molar-refractivity contribution in [2.75, 3.05) is 7.05 Å². The van der Waals surface area contributed by atoms with Gasteiger partial charge in [0, 0.05) is 16.5 Å². The Bertz CT molecular complexity index is 1060. The van der Waals surface area contributed by atoms with Crippen molar-refractivity contribution in [3.63, 3.8) is 0 Å². The second-order valence-electron chi connectivity index (χ2n) is 5.88.